The fourth-order valence-electron chi connectivity index (χ4n) is 3.79. The first-order chi connectivity index (χ1) is 13.1. The molecule has 4 rings (SSSR count). The van der Waals surface area contributed by atoms with Crippen LogP contribution in [-0.4, -0.2) is 48.2 Å². The lowest BCUT2D eigenvalue weighted by Gasteiger charge is -2.36. The summed E-state index contributed by atoms with van der Waals surface area (Å²) in [5, 5.41) is 1.15. The van der Waals surface area contributed by atoms with E-state index in [4.69, 9.17) is 9.15 Å². The number of fused-ring (bicyclic) bond motifs is 1. The minimum atomic E-state index is 0.770. The first-order valence-corrected chi connectivity index (χ1v) is 9.39. The normalized spacial score (nSPS) is 15.5. The first-order valence-electron chi connectivity index (χ1n) is 9.39. The molecule has 3 aromatic rings. The third-order valence-corrected chi connectivity index (χ3v) is 5.36. The minimum absolute atomic E-state index is 0.770. The van der Waals surface area contributed by atoms with Crippen LogP contribution in [0.15, 0.2) is 28.8 Å². The minimum Gasteiger partial charge on any atom is -0.494 e. The van der Waals surface area contributed by atoms with Crippen molar-refractivity contribution in [3.8, 4) is 5.75 Å². The summed E-state index contributed by atoms with van der Waals surface area (Å²) < 4.78 is 11.2. The monoisotopic (exact) mass is 366 g/mol. The number of nitrogens with zero attached hydrogens (tertiary/aromatic N) is 4. The van der Waals surface area contributed by atoms with Gasteiger partial charge in [-0.3, -0.25) is 9.88 Å². The summed E-state index contributed by atoms with van der Waals surface area (Å²) in [6, 6.07) is 6.14. The Hall–Kier alpha value is -2.60. The van der Waals surface area contributed by atoms with Crippen LogP contribution < -0.4 is 9.64 Å². The van der Waals surface area contributed by atoms with E-state index in [9.17, 15) is 0 Å². The van der Waals surface area contributed by atoms with E-state index in [0.29, 0.717) is 0 Å². The topological polar surface area (TPSA) is 54.6 Å². The molecule has 1 aliphatic rings. The van der Waals surface area contributed by atoms with Crippen LogP contribution in [0.25, 0.3) is 10.9 Å². The molecule has 142 valence electrons. The van der Waals surface area contributed by atoms with Gasteiger partial charge in [-0.15, -0.1) is 0 Å². The van der Waals surface area contributed by atoms with E-state index < -0.39 is 0 Å². The number of benzene rings is 1. The zero-order valence-electron chi connectivity index (χ0n) is 16.5. The maximum absolute atomic E-state index is 5.74. The Morgan fingerprint density at radius 1 is 1.11 bits per heavy atom. The molecule has 6 nitrogen and oxygen atoms in total. The zero-order valence-corrected chi connectivity index (χ0v) is 16.5. The van der Waals surface area contributed by atoms with Crippen LogP contribution in [0.3, 0.4) is 0 Å². The summed E-state index contributed by atoms with van der Waals surface area (Å²) >= 11 is 0. The fraction of sp³-hybridized carbons (Fsp3) is 0.429. The number of aromatic nitrogens is 2. The molecule has 0 bridgehead atoms. The van der Waals surface area contributed by atoms with Crippen LogP contribution >= 0.6 is 0 Å². The highest BCUT2D eigenvalue weighted by atomic mass is 16.5. The van der Waals surface area contributed by atoms with E-state index in [2.05, 4.69) is 32.8 Å². The molecule has 1 aliphatic heterocycles. The Balaban J connectivity index is 1.53. The summed E-state index contributed by atoms with van der Waals surface area (Å²) in [6.07, 6.45) is 1.95. The highest BCUT2D eigenvalue weighted by molar-refractivity contribution is 5.96. The van der Waals surface area contributed by atoms with Crippen LogP contribution in [0.5, 0.6) is 5.75 Å². The number of aryl methyl sites for hydroxylation is 3. The molecule has 0 atom stereocenters. The predicted molar refractivity (Wildman–Crippen MR) is 106 cm³/mol. The molecule has 0 unspecified atom stereocenters. The van der Waals surface area contributed by atoms with Crippen molar-refractivity contribution in [1.29, 1.82) is 0 Å². The van der Waals surface area contributed by atoms with Crippen molar-refractivity contribution < 1.29 is 9.15 Å². The van der Waals surface area contributed by atoms with E-state index in [1.54, 1.807) is 7.11 Å². The molecule has 0 radical (unpaired) electrons. The number of rotatable bonds is 4. The highest BCUT2D eigenvalue weighted by Gasteiger charge is 2.22. The van der Waals surface area contributed by atoms with Gasteiger partial charge in [0, 0.05) is 37.8 Å². The smallest absolute Gasteiger partial charge is 0.208 e. The lowest BCUT2D eigenvalue weighted by atomic mass is 10.1. The van der Waals surface area contributed by atoms with Crippen LogP contribution in [0.4, 0.5) is 5.69 Å². The molecule has 2 aromatic heterocycles. The summed E-state index contributed by atoms with van der Waals surface area (Å²) in [5.74, 6) is 2.55. The second kappa shape index (κ2) is 7.19. The average molecular weight is 366 g/mol. The third-order valence-electron chi connectivity index (χ3n) is 5.36. The van der Waals surface area contributed by atoms with Gasteiger partial charge in [0.25, 0.3) is 0 Å². The second-order valence-electron chi connectivity index (χ2n) is 7.16. The summed E-state index contributed by atoms with van der Waals surface area (Å²) in [4.78, 5) is 14.0. The van der Waals surface area contributed by atoms with Gasteiger partial charge in [-0.25, -0.2) is 4.98 Å². The number of ether oxygens (including phenoxy) is 1. The molecular formula is C21H26N4O2. The lowest BCUT2D eigenvalue weighted by molar-refractivity contribution is 0.225. The van der Waals surface area contributed by atoms with Crippen molar-refractivity contribution in [3.63, 3.8) is 0 Å². The lowest BCUT2D eigenvalue weighted by Crippen LogP contribution is -2.46. The molecule has 0 amide bonds. The van der Waals surface area contributed by atoms with Crippen LogP contribution in [0.2, 0.25) is 0 Å². The molecule has 1 saturated heterocycles. The quantitative estimate of drug-likeness (QED) is 0.705. The first kappa shape index (κ1) is 17.8. The molecule has 6 heteroatoms. The number of methoxy groups -OCH3 is 1. The van der Waals surface area contributed by atoms with Crippen molar-refractivity contribution in [2.75, 3.05) is 38.2 Å². The number of pyridine rings is 1. The summed E-state index contributed by atoms with van der Waals surface area (Å²) in [7, 11) is 1.70. The van der Waals surface area contributed by atoms with Crippen LogP contribution in [0, 0.1) is 20.8 Å². The molecule has 0 spiro atoms. The van der Waals surface area contributed by atoms with Crippen molar-refractivity contribution in [3.05, 3.63) is 47.3 Å². The maximum Gasteiger partial charge on any atom is 0.208 e. The van der Waals surface area contributed by atoms with Gasteiger partial charge in [0.2, 0.25) is 5.89 Å². The summed E-state index contributed by atoms with van der Waals surface area (Å²) in [6.45, 7) is 10.8. The fourth-order valence-corrected chi connectivity index (χ4v) is 3.79. The number of para-hydroxylation sites is 1. The molecule has 3 heterocycles. The van der Waals surface area contributed by atoms with Gasteiger partial charge in [-0.05, 0) is 32.4 Å². The Morgan fingerprint density at radius 3 is 2.56 bits per heavy atom. The zero-order chi connectivity index (χ0) is 19.0. The number of anilines is 1. The Kier molecular flexibility index (Phi) is 4.74. The largest absolute Gasteiger partial charge is 0.494 e. The molecule has 1 fully saturated rings. The van der Waals surface area contributed by atoms with Gasteiger partial charge >= 0.3 is 0 Å². The van der Waals surface area contributed by atoms with E-state index in [-0.39, 0.29) is 0 Å². The average Bonchev–Trinajstić information content (AvgIpc) is 2.99. The maximum atomic E-state index is 5.74. The van der Waals surface area contributed by atoms with Gasteiger partial charge < -0.3 is 14.1 Å². The Bertz CT molecular complexity index is 939. The molecule has 0 saturated carbocycles. The van der Waals surface area contributed by atoms with Crippen molar-refractivity contribution in [2.45, 2.75) is 27.3 Å². The SMILES string of the molecule is COc1cccc2c(N3CCN(Cc4nc(C)c(C)o4)CC3)c(C)cnc12. The van der Waals surface area contributed by atoms with Gasteiger partial charge in [-0.2, -0.15) is 0 Å². The van der Waals surface area contributed by atoms with Crippen LogP contribution in [0.1, 0.15) is 22.9 Å². The van der Waals surface area contributed by atoms with Gasteiger partial charge in [0.15, 0.2) is 0 Å². The van der Waals surface area contributed by atoms with Crippen molar-refractivity contribution >= 4 is 16.6 Å². The molecular weight excluding hydrogens is 340 g/mol. The molecule has 1 aromatic carbocycles. The Morgan fingerprint density at radius 2 is 1.89 bits per heavy atom. The molecule has 0 N–H and O–H groups in total. The summed E-state index contributed by atoms with van der Waals surface area (Å²) in [5.41, 5.74) is 4.37. The number of hydrogen-bond acceptors (Lipinski definition) is 6. The van der Waals surface area contributed by atoms with E-state index >= 15 is 0 Å². The van der Waals surface area contributed by atoms with E-state index in [1.807, 2.05) is 32.2 Å². The van der Waals surface area contributed by atoms with Gasteiger partial charge in [0.05, 0.1) is 25.0 Å². The molecule has 27 heavy (non-hydrogen) atoms. The van der Waals surface area contributed by atoms with Crippen molar-refractivity contribution in [2.24, 2.45) is 0 Å². The van der Waals surface area contributed by atoms with Gasteiger partial charge in [0.1, 0.15) is 17.0 Å². The standard InChI is InChI=1S/C21H26N4O2/c1-14-12-22-20-17(6-5-7-18(20)26-4)21(14)25-10-8-24(9-11-25)13-19-23-15(2)16(3)27-19/h5-7,12H,8-11,13H2,1-4H3. The van der Waals surface area contributed by atoms with E-state index in [0.717, 1.165) is 66.7 Å². The number of piperazine rings is 1. The number of hydrogen-bond donors (Lipinski definition) is 0. The van der Waals surface area contributed by atoms with Crippen LogP contribution in [-0.2, 0) is 6.54 Å². The van der Waals surface area contributed by atoms with Gasteiger partial charge in [-0.1, -0.05) is 12.1 Å². The number of oxazole rings is 1. The van der Waals surface area contributed by atoms with E-state index in [1.165, 1.54) is 11.3 Å². The molecule has 0 aliphatic carbocycles. The Labute approximate surface area is 159 Å². The third kappa shape index (κ3) is 3.37. The highest BCUT2D eigenvalue weighted by Crippen LogP contribution is 2.34. The van der Waals surface area contributed by atoms with Crippen molar-refractivity contribution in [1.82, 2.24) is 14.9 Å². The predicted octanol–water partition coefficient (Wildman–Crippen LogP) is 3.48. The second-order valence-corrected chi connectivity index (χ2v) is 7.16.